The van der Waals surface area contributed by atoms with Crippen LogP contribution in [0.25, 0.3) is 0 Å². The average Bonchev–Trinajstić information content (AvgIpc) is 2.32. The van der Waals surface area contributed by atoms with Crippen molar-refractivity contribution in [1.82, 2.24) is 15.6 Å². The maximum Gasteiger partial charge on any atom is 0.252 e. The van der Waals surface area contributed by atoms with Gasteiger partial charge in [0.05, 0.1) is 5.56 Å². The normalized spacial score (nSPS) is 9.89. The first-order valence-electron chi connectivity index (χ1n) is 5.50. The van der Waals surface area contributed by atoms with Gasteiger partial charge in [-0.2, -0.15) is 0 Å². The van der Waals surface area contributed by atoms with Crippen LogP contribution in [0.3, 0.4) is 0 Å². The van der Waals surface area contributed by atoms with E-state index in [0.717, 1.165) is 0 Å². The van der Waals surface area contributed by atoms with Gasteiger partial charge in [-0.15, -0.1) is 0 Å². The van der Waals surface area contributed by atoms with Crippen molar-refractivity contribution in [3.63, 3.8) is 0 Å². The van der Waals surface area contributed by atoms with Gasteiger partial charge in [0.25, 0.3) is 5.91 Å². The zero-order valence-corrected chi connectivity index (χ0v) is 11.6. The predicted molar refractivity (Wildman–Crippen MR) is 72.0 cm³/mol. The number of pyridine rings is 1. The van der Waals surface area contributed by atoms with Gasteiger partial charge in [-0.05, 0) is 28.9 Å². The van der Waals surface area contributed by atoms with Crippen molar-refractivity contribution in [2.45, 2.75) is 13.3 Å². The van der Waals surface area contributed by atoms with Crippen LogP contribution in [0.5, 0.6) is 0 Å². The molecule has 18 heavy (non-hydrogen) atoms. The molecule has 0 aliphatic rings. The van der Waals surface area contributed by atoms with Gasteiger partial charge in [0.1, 0.15) is 5.82 Å². The van der Waals surface area contributed by atoms with Crippen LogP contribution in [0.2, 0.25) is 0 Å². The highest BCUT2D eigenvalue weighted by molar-refractivity contribution is 9.10. The molecule has 0 saturated carbocycles. The molecule has 0 fully saturated rings. The first-order valence-corrected chi connectivity index (χ1v) is 6.29. The number of anilines is 1. The van der Waals surface area contributed by atoms with Crippen molar-refractivity contribution in [2.75, 3.05) is 18.8 Å². The third-order valence-electron chi connectivity index (χ3n) is 2.13. The van der Waals surface area contributed by atoms with Crippen LogP contribution in [0.1, 0.15) is 23.7 Å². The van der Waals surface area contributed by atoms with Gasteiger partial charge in [0.15, 0.2) is 0 Å². The van der Waals surface area contributed by atoms with Crippen molar-refractivity contribution in [1.29, 1.82) is 0 Å². The fourth-order valence-electron chi connectivity index (χ4n) is 1.30. The summed E-state index contributed by atoms with van der Waals surface area (Å²) in [6, 6.07) is 1.48. The Labute approximate surface area is 113 Å². The smallest absolute Gasteiger partial charge is 0.252 e. The van der Waals surface area contributed by atoms with Crippen LogP contribution < -0.4 is 16.4 Å². The Morgan fingerprint density at radius 2 is 2.17 bits per heavy atom. The molecular formula is C11H15BrN4O2. The van der Waals surface area contributed by atoms with E-state index in [2.05, 4.69) is 31.5 Å². The Kier molecular flexibility index (Phi) is 5.57. The van der Waals surface area contributed by atoms with Crippen molar-refractivity contribution < 1.29 is 9.59 Å². The molecule has 1 rings (SSSR count). The van der Waals surface area contributed by atoms with E-state index in [9.17, 15) is 9.59 Å². The Hall–Kier alpha value is -1.63. The van der Waals surface area contributed by atoms with E-state index in [1.165, 1.54) is 12.3 Å². The second-order valence-electron chi connectivity index (χ2n) is 3.55. The van der Waals surface area contributed by atoms with Gasteiger partial charge in [-0.3, -0.25) is 9.59 Å². The molecule has 4 N–H and O–H groups in total. The number of amides is 2. The monoisotopic (exact) mass is 314 g/mol. The summed E-state index contributed by atoms with van der Waals surface area (Å²) >= 11 is 3.22. The fourth-order valence-corrected chi connectivity index (χ4v) is 1.70. The maximum atomic E-state index is 11.8. The Bertz CT molecular complexity index is 451. The fraction of sp³-hybridized carbons (Fsp3) is 0.364. The van der Waals surface area contributed by atoms with Gasteiger partial charge in [-0.1, -0.05) is 0 Å². The molecule has 0 aromatic carbocycles. The number of rotatable bonds is 5. The summed E-state index contributed by atoms with van der Waals surface area (Å²) in [6.45, 7) is 2.70. The quantitative estimate of drug-likeness (QED) is 0.744. The number of carbonyl (C=O) groups is 2. The summed E-state index contributed by atoms with van der Waals surface area (Å²) in [5.41, 5.74) is 5.91. The lowest BCUT2D eigenvalue weighted by Crippen LogP contribution is -2.30. The van der Waals surface area contributed by atoms with E-state index in [1.807, 2.05) is 6.92 Å². The lowest BCUT2D eigenvalue weighted by molar-refractivity contribution is -0.120. The second-order valence-corrected chi connectivity index (χ2v) is 4.40. The van der Waals surface area contributed by atoms with E-state index in [0.29, 0.717) is 16.6 Å². The maximum absolute atomic E-state index is 11.8. The highest BCUT2D eigenvalue weighted by atomic mass is 79.9. The molecule has 0 aliphatic carbocycles. The van der Waals surface area contributed by atoms with Crippen LogP contribution in [0, 0.1) is 0 Å². The van der Waals surface area contributed by atoms with Crippen LogP contribution in [-0.2, 0) is 4.79 Å². The number of nitrogens with two attached hydrogens (primary N) is 1. The molecule has 1 heterocycles. The van der Waals surface area contributed by atoms with Gasteiger partial charge in [-0.25, -0.2) is 4.98 Å². The number of nitrogen functional groups attached to an aromatic ring is 1. The Morgan fingerprint density at radius 1 is 1.44 bits per heavy atom. The minimum Gasteiger partial charge on any atom is -0.384 e. The van der Waals surface area contributed by atoms with Gasteiger partial charge >= 0.3 is 0 Å². The molecule has 1 aromatic rings. The van der Waals surface area contributed by atoms with E-state index < -0.39 is 0 Å². The molecular weight excluding hydrogens is 300 g/mol. The molecule has 2 amide bonds. The predicted octanol–water partition coefficient (Wildman–Crippen LogP) is 0.682. The van der Waals surface area contributed by atoms with E-state index in [1.54, 1.807) is 0 Å². The molecule has 1 aromatic heterocycles. The summed E-state index contributed by atoms with van der Waals surface area (Å²) in [5.74, 6) is -0.113. The molecule has 0 saturated heterocycles. The summed E-state index contributed by atoms with van der Waals surface area (Å²) in [6.07, 6.45) is 1.71. The third kappa shape index (κ3) is 4.33. The highest BCUT2D eigenvalue weighted by Gasteiger charge is 2.11. The van der Waals surface area contributed by atoms with Crippen molar-refractivity contribution in [2.24, 2.45) is 0 Å². The zero-order chi connectivity index (χ0) is 13.5. The molecule has 6 nitrogen and oxygen atoms in total. The zero-order valence-electron chi connectivity index (χ0n) is 10.00. The van der Waals surface area contributed by atoms with Gasteiger partial charge < -0.3 is 16.4 Å². The summed E-state index contributed by atoms with van der Waals surface area (Å²) in [7, 11) is 0. The van der Waals surface area contributed by atoms with Crippen molar-refractivity contribution in [3.05, 3.63) is 22.3 Å². The van der Waals surface area contributed by atoms with Crippen LogP contribution >= 0.6 is 15.9 Å². The number of hydrogen-bond donors (Lipinski definition) is 3. The molecule has 7 heteroatoms. The molecule has 0 atom stereocenters. The molecule has 0 radical (unpaired) electrons. The average molecular weight is 315 g/mol. The summed E-state index contributed by atoms with van der Waals surface area (Å²) in [4.78, 5) is 26.8. The lowest BCUT2D eigenvalue weighted by Gasteiger charge is -2.07. The number of nitrogens with zero attached hydrogens (tertiary/aromatic N) is 1. The summed E-state index contributed by atoms with van der Waals surface area (Å²) < 4.78 is 0.562. The number of nitrogens with one attached hydrogen (secondary N) is 2. The number of halogens is 1. The minimum atomic E-state index is -0.291. The third-order valence-corrected chi connectivity index (χ3v) is 2.76. The Balaban J connectivity index is 2.50. The molecule has 98 valence electrons. The molecule has 0 bridgehead atoms. The topological polar surface area (TPSA) is 97.1 Å². The second kappa shape index (κ2) is 6.95. The first kappa shape index (κ1) is 14.4. The van der Waals surface area contributed by atoms with E-state index >= 15 is 0 Å². The van der Waals surface area contributed by atoms with Crippen molar-refractivity contribution >= 4 is 33.6 Å². The van der Waals surface area contributed by atoms with E-state index in [-0.39, 0.29) is 30.6 Å². The lowest BCUT2D eigenvalue weighted by atomic mass is 10.2. The number of aromatic nitrogens is 1. The van der Waals surface area contributed by atoms with E-state index in [4.69, 9.17) is 5.73 Å². The number of carbonyl (C=O) groups excluding carboxylic acids is 2. The SMILES string of the molecule is CCNC(=O)CCNC(=O)c1cc(N)ncc1Br. The molecule has 0 aliphatic heterocycles. The van der Waals surface area contributed by atoms with Gasteiger partial charge in [0.2, 0.25) is 5.91 Å². The molecule has 0 unspecified atom stereocenters. The highest BCUT2D eigenvalue weighted by Crippen LogP contribution is 2.16. The van der Waals surface area contributed by atoms with Gasteiger partial charge in [0, 0.05) is 30.2 Å². The minimum absolute atomic E-state index is 0.0916. The van der Waals surface area contributed by atoms with Crippen LogP contribution in [0.4, 0.5) is 5.82 Å². The van der Waals surface area contributed by atoms with Crippen LogP contribution in [-0.4, -0.2) is 29.9 Å². The largest absolute Gasteiger partial charge is 0.384 e. The Morgan fingerprint density at radius 3 is 2.83 bits per heavy atom. The number of hydrogen-bond acceptors (Lipinski definition) is 4. The molecule has 0 spiro atoms. The first-order chi connectivity index (χ1) is 8.54. The van der Waals surface area contributed by atoms with Crippen molar-refractivity contribution in [3.8, 4) is 0 Å². The standard InChI is InChI=1S/C11H15BrN4O2/c1-2-14-10(17)3-4-15-11(18)7-5-9(13)16-6-8(7)12/h5-6H,2-4H2,1H3,(H2,13,16)(H,14,17)(H,15,18). The van der Waals surface area contributed by atoms with Crippen LogP contribution in [0.15, 0.2) is 16.7 Å². The summed E-state index contributed by atoms with van der Waals surface area (Å²) in [5, 5.41) is 5.29.